The average molecular weight is 222 g/mol. The highest BCUT2D eigenvalue weighted by Gasteiger charge is 2.43. The molecule has 0 atom stereocenters. The quantitative estimate of drug-likeness (QED) is 0.721. The first-order chi connectivity index (χ1) is 8.39. The van der Waals surface area contributed by atoms with Crippen LogP contribution in [0, 0.1) is 0 Å². The fraction of sp³-hybridized carbons (Fsp3) is 0.294. The van der Waals surface area contributed by atoms with Crippen molar-refractivity contribution in [1.82, 2.24) is 0 Å². The van der Waals surface area contributed by atoms with Crippen LogP contribution in [-0.4, -0.2) is 0 Å². The SMILES string of the molecule is c1ccc(CCC2(c3ccccc3)CC2)cc1. The molecule has 0 bridgehead atoms. The van der Waals surface area contributed by atoms with Crippen molar-refractivity contribution >= 4 is 0 Å². The molecule has 86 valence electrons. The van der Waals surface area contributed by atoms with Gasteiger partial charge in [-0.3, -0.25) is 0 Å². The van der Waals surface area contributed by atoms with Gasteiger partial charge in [0.25, 0.3) is 0 Å². The second-order valence-electron chi connectivity index (χ2n) is 5.13. The molecule has 0 heteroatoms. The van der Waals surface area contributed by atoms with Crippen molar-refractivity contribution < 1.29 is 0 Å². The van der Waals surface area contributed by atoms with E-state index in [-0.39, 0.29) is 0 Å². The van der Waals surface area contributed by atoms with Gasteiger partial charge in [0.15, 0.2) is 0 Å². The summed E-state index contributed by atoms with van der Waals surface area (Å²) in [7, 11) is 0. The summed E-state index contributed by atoms with van der Waals surface area (Å²) in [5, 5.41) is 0. The molecule has 1 aliphatic rings. The first-order valence-electron chi connectivity index (χ1n) is 6.49. The van der Waals surface area contributed by atoms with E-state index in [1.165, 1.54) is 36.8 Å². The molecule has 0 aromatic heterocycles. The largest absolute Gasteiger partial charge is 0.0622 e. The monoisotopic (exact) mass is 222 g/mol. The van der Waals surface area contributed by atoms with Crippen LogP contribution in [-0.2, 0) is 11.8 Å². The van der Waals surface area contributed by atoms with Crippen LogP contribution in [0.15, 0.2) is 60.7 Å². The fourth-order valence-electron chi connectivity index (χ4n) is 2.65. The predicted octanol–water partition coefficient (Wildman–Crippen LogP) is 4.35. The lowest BCUT2D eigenvalue weighted by molar-refractivity contribution is 0.619. The van der Waals surface area contributed by atoms with Gasteiger partial charge in [0.1, 0.15) is 0 Å². The molecule has 0 nitrogen and oxygen atoms in total. The van der Waals surface area contributed by atoms with E-state index in [1.54, 1.807) is 0 Å². The number of hydrogen-bond acceptors (Lipinski definition) is 0. The Morgan fingerprint density at radius 3 is 1.94 bits per heavy atom. The number of benzene rings is 2. The normalized spacial score (nSPS) is 16.7. The highest BCUT2D eigenvalue weighted by atomic mass is 14.5. The van der Waals surface area contributed by atoms with Crippen LogP contribution in [0.1, 0.15) is 30.4 Å². The number of rotatable bonds is 4. The topological polar surface area (TPSA) is 0 Å². The molecule has 1 saturated carbocycles. The van der Waals surface area contributed by atoms with Crippen molar-refractivity contribution in [2.45, 2.75) is 31.1 Å². The zero-order valence-corrected chi connectivity index (χ0v) is 10.1. The Kier molecular flexibility index (Phi) is 2.72. The molecule has 2 aromatic carbocycles. The molecule has 0 spiro atoms. The highest BCUT2D eigenvalue weighted by Crippen LogP contribution is 2.51. The second-order valence-corrected chi connectivity index (χ2v) is 5.13. The molecule has 0 N–H and O–H groups in total. The third kappa shape index (κ3) is 2.26. The van der Waals surface area contributed by atoms with E-state index < -0.39 is 0 Å². The van der Waals surface area contributed by atoms with Crippen LogP contribution >= 0.6 is 0 Å². The molecule has 1 aliphatic carbocycles. The molecule has 2 aromatic rings. The summed E-state index contributed by atoms with van der Waals surface area (Å²) in [5.41, 5.74) is 3.50. The first kappa shape index (κ1) is 10.6. The maximum Gasteiger partial charge on any atom is -0.00432 e. The van der Waals surface area contributed by atoms with Crippen molar-refractivity contribution in [3.63, 3.8) is 0 Å². The lowest BCUT2D eigenvalue weighted by Gasteiger charge is -2.15. The summed E-state index contributed by atoms with van der Waals surface area (Å²) in [6, 6.07) is 21.9. The standard InChI is InChI=1S/C17H18/c1-3-7-15(8-4-1)11-12-17(13-14-17)16-9-5-2-6-10-16/h1-10H,11-14H2. The van der Waals surface area contributed by atoms with Crippen molar-refractivity contribution in [2.75, 3.05) is 0 Å². The Labute approximate surface area is 103 Å². The van der Waals surface area contributed by atoms with Gasteiger partial charge in [0.05, 0.1) is 0 Å². The summed E-state index contributed by atoms with van der Waals surface area (Å²) in [6.07, 6.45) is 5.23. The van der Waals surface area contributed by atoms with Gasteiger partial charge < -0.3 is 0 Å². The number of hydrogen-bond donors (Lipinski definition) is 0. The zero-order valence-electron chi connectivity index (χ0n) is 10.1. The predicted molar refractivity (Wildman–Crippen MR) is 72.1 cm³/mol. The van der Waals surface area contributed by atoms with Gasteiger partial charge in [-0.1, -0.05) is 60.7 Å². The van der Waals surface area contributed by atoms with E-state index in [0.717, 1.165) is 0 Å². The molecule has 0 aliphatic heterocycles. The van der Waals surface area contributed by atoms with Crippen LogP contribution in [0.5, 0.6) is 0 Å². The van der Waals surface area contributed by atoms with E-state index >= 15 is 0 Å². The smallest absolute Gasteiger partial charge is 0.00432 e. The van der Waals surface area contributed by atoms with Crippen LogP contribution in [0.2, 0.25) is 0 Å². The van der Waals surface area contributed by atoms with Crippen molar-refractivity contribution in [2.24, 2.45) is 0 Å². The van der Waals surface area contributed by atoms with E-state index in [4.69, 9.17) is 0 Å². The van der Waals surface area contributed by atoms with Crippen molar-refractivity contribution in [1.29, 1.82) is 0 Å². The van der Waals surface area contributed by atoms with Gasteiger partial charge >= 0.3 is 0 Å². The molecule has 0 saturated heterocycles. The maximum atomic E-state index is 2.29. The highest BCUT2D eigenvalue weighted by molar-refractivity contribution is 5.31. The van der Waals surface area contributed by atoms with Gasteiger partial charge in [0.2, 0.25) is 0 Å². The Morgan fingerprint density at radius 1 is 0.765 bits per heavy atom. The minimum Gasteiger partial charge on any atom is -0.0622 e. The molecule has 3 rings (SSSR count). The Morgan fingerprint density at radius 2 is 1.35 bits per heavy atom. The van der Waals surface area contributed by atoms with E-state index in [0.29, 0.717) is 5.41 Å². The zero-order chi connectivity index (χ0) is 11.6. The third-order valence-electron chi connectivity index (χ3n) is 3.97. The van der Waals surface area contributed by atoms with Crippen LogP contribution in [0.4, 0.5) is 0 Å². The summed E-state index contributed by atoms with van der Waals surface area (Å²) in [6.45, 7) is 0. The van der Waals surface area contributed by atoms with Crippen LogP contribution in [0.25, 0.3) is 0 Å². The lowest BCUT2D eigenvalue weighted by Crippen LogP contribution is -2.07. The molecule has 0 unspecified atom stereocenters. The average Bonchev–Trinajstić information content (AvgIpc) is 3.20. The minimum absolute atomic E-state index is 0.497. The molecule has 0 amide bonds. The third-order valence-corrected chi connectivity index (χ3v) is 3.97. The molecule has 0 radical (unpaired) electrons. The van der Waals surface area contributed by atoms with Crippen LogP contribution < -0.4 is 0 Å². The fourth-order valence-corrected chi connectivity index (χ4v) is 2.65. The summed E-state index contributed by atoms with van der Waals surface area (Å²) < 4.78 is 0. The van der Waals surface area contributed by atoms with Gasteiger partial charge in [0, 0.05) is 0 Å². The lowest BCUT2D eigenvalue weighted by atomic mass is 9.89. The van der Waals surface area contributed by atoms with Gasteiger partial charge in [-0.25, -0.2) is 0 Å². The van der Waals surface area contributed by atoms with Crippen molar-refractivity contribution in [3.05, 3.63) is 71.8 Å². The molecular weight excluding hydrogens is 204 g/mol. The van der Waals surface area contributed by atoms with Gasteiger partial charge in [-0.05, 0) is 42.2 Å². The van der Waals surface area contributed by atoms with E-state index in [2.05, 4.69) is 60.7 Å². The van der Waals surface area contributed by atoms with Gasteiger partial charge in [-0.2, -0.15) is 0 Å². The minimum atomic E-state index is 0.497. The maximum absolute atomic E-state index is 2.29. The summed E-state index contributed by atoms with van der Waals surface area (Å²) in [4.78, 5) is 0. The molecule has 0 heterocycles. The van der Waals surface area contributed by atoms with Crippen molar-refractivity contribution in [3.8, 4) is 0 Å². The summed E-state index contributed by atoms with van der Waals surface area (Å²) >= 11 is 0. The Hall–Kier alpha value is -1.56. The Bertz CT molecular complexity index is 466. The molecular formula is C17H18. The van der Waals surface area contributed by atoms with E-state index in [1.807, 2.05) is 0 Å². The Balaban J connectivity index is 1.70. The number of aryl methyl sites for hydroxylation is 1. The van der Waals surface area contributed by atoms with Gasteiger partial charge in [-0.15, -0.1) is 0 Å². The second kappa shape index (κ2) is 4.37. The first-order valence-corrected chi connectivity index (χ1v) is 6.49. The van der Waals surface area contributed by atoms with E-state index in [9.17, 15) is 0 Å². The van der Waals surface area contributed by atoms with Crippen LogP contribution in [0.3, 0.4) is 0 Å². The molecule has 1 fully saturated rings. The molecule has 17 heavy (non-hydrogen) atoms. The summed E-state index contributed by atoms with van der Waals surface area (Å²) in [5.74, 6) is 0.